The van der Waals surface area contributed by atoms with Gasteiger partial charge in [-0.1, -0.05) is 60.8 Å². The van der Waals surface area contributed by atoms with Gasteiger partial charge in [0.05, 0.1) is 23.5 Å². The molecule has 2 unspecified atom stereocenters. The highest BCUT2D eigenvalue weighted by molar-refractivity contribution is 7.92. The molecule has 194 valence electrons. The minimum Gasteiger partial charge on any atom is -0.481 e. The first-order valence-electron chi connectivity index (χ1n) is 12.0. The Bertz CT molecular complexity index is 1220. The molecular weight excluding hydrogens is 525 g/mol. The highest BCUT2D eigenvalue weighted by atomic mass is 35.5. The predicted octanol–water partition coefficient (Wildman–Crippen LogP) is 5.22. The zero-order chi connectivity index (χ0) is 26.0. The fourth-order valence-electron chi connectivity index (χ4n) is 4.93. The number of nitrogens with zero attached hydrogens (tertiary/aromatic N) is 1. The van der Waals surface area contributed by atoms with Gasteiger partial charge in [-0.3, -0.25) is 9.59 Å². The van der Waals surface area contributed by atoms with E-state index < -0.39 is 57.7 Å². The van der Waals surface area contributed by atoms with E-state index in [1.807, 2.05) is 6.92 Å². The first-order chi connectivity index (χ1) is 17.1. The maximum absolute atomic E-state index is 13.8. The third kappa shape index (κ3) is 5.72. The molecule has 1 aliphatic heterocycles. The number of aliphatic carboxylic acids is 1. The summed E-state index contributed by atoms with van der Waals surface area (Å²) in [4.78, 5) is 27.0. The smallest absolute Gasteiger partial charge is 0.306 e. The summed E-state index contributed by atoms with van der Waals surface area (Å²) in [5.41, 5.74) is 1.36. The standard InChI is InChI=1S/C26H29Cl2NO6S/c1-2-20(15-36(33,34)21-7-4-8-21)29-24(16-9-11-18(27)12-10-16)25(17-5-3-6-19(28)13-17)35-22(26(29)32)14-23(30)31/h3,5-6,9-13,20-22,24-25H,2,4,7-8,14-15H2,1H3,(H,30,31)/t20?,22-,24?,25+/m0/s1. The van der Waals surface area contributed by atoms with Crippen molar-refractivity contribution >= 4 is 44.9 Å². The van der Waals surface area contributed by atoms with Crippen LogP contribution in [0.4, 0.5) is 0 Å². The molecule has 10 heteroatoms. The van der Waals surface area contributed by atoms with Crippen LogP contribution in [0.3, 0.4) is 0 Å². The molecule has 1 saturated heterocycles. The number of hydrogen-bond acceptors (Lipinski definition) is 5. The number of hydrogen-bond donors (Lipinski definition) is 1. The van der Waals surface area contributed by atoms with E-state index in [1.54, 1.807) is 53.4 Å². The van der Waals surface area contributed by atoms with Gasteiger partial charge in [0.1, 0.15) is 12.2 Å². The van der Waals surface area contributed by atoms with Crippen molar-refractivity contribution < 1.29 is 27.9 Å². The van der Waals surface area contributed by atoms with Crippen molar-refractivity contribution in [2.45, 2.75) is 68.6 Å². The van der Waals surface area contributed by atoms with E-state index in [0.717, 1.165) is 6.42 Å². The number of carbonyl (C=O) groups excluding carboxylic acids is 1. The molecule has 4 rings (SSSR count). The number of carboxylic acids is 1. The fourth-order valence-corrected chi connectivity index (χ4v) is 7.51. The van der Waals surface area contributed by atoms with Gasteiger partial charge in [0.25, 0.3) is 5.91 Å². The third-order valence-corrected chi connectivity index (χ3v) is 9.85. The molecule has 2 aromatic carbocycles. The maximum atomic E-state index is 13.8. The summed E-state index contributed by atoms with van der Waals surface area (Å²) in [6.07, 6.45) is -0.0629. The molecule has 36 heavy (non-hydrogen) atoms. The molecule has 1 N–H and O–H groups in total. The van der Waals surface area contributed by atoms with Gasteiger partial charge in [0.15, 0.2) is 9.84 Å². The number of ether oxygens (including phenoxy) is 1. The monoisotopic (exact) mass is 553 g/mol. The molecule has 7 nitrogen and oxygen atoms in total. The molecule has 1 aliphatic carbocycles. The van der Waals surface area contributed by atoms with E-state index in [2.05, 4.69) is 0 Å². The predicted molar refractivity (Wildman–Crippen MR) is 138 cm³/mol. The lowest BCUT2D eigenvalue weighted by Crippen LogP contribution is -2.57. The van der Waals surface area contributed by atoms with Crippen molar-refractivity contribution in [3.8, 4) is 0 Å². The minimum absolute atomic E-state index is 0.188. The Labute approximate surface area is 221 Å². The Morgan fingerprint density at radius 2 is 1.81 bits per heavy atom. The van der Waals surface area contributed by atoms with Crippen molar-refractivity contribution in [3.05, 3.63) is 69.7 Å². The highest BCUT2D eigenvalue weighted by Crippen LogP contribution is 2.45. The Hall–Kier alpha value is -2.13. The quantitative estimate of drug-likeness (QED) is 0.456. The van der Waals surface area contributed by atoms with Gasteiger partial charge in [0.2, 0.25) is 0 Å². The summed E-state index contributed by atoms with van der Waals surface area (Å²) >= 11 is 12.4. The van der Waals surface area contributed by atoms with Crippen LogP contribution < -0.4 is 0 Å². The van der Waals surface area contributed by atoms with Crippen LogP contribution in [0.2, 0.25) is 10.0 Å². The minimum atomic E-state index is -3.44. The van der Waals surface area contributed by atoms with Crippen molar-refractivity contribution in [1.82, 2.24) is 4.90 Å². The van der Waals surface area contributed by atoms with Gasteiger partial charge in [-0.25, -0.2) is 8.42 Å². The number of amides is 1. The van der Waals surface area contributed by atoms with Crippen molar-refractivity contribution in [1.29, 1.82) is 0 Å². The van der Waals surface area contributed by atoms with Crippen LogP contribution in [0.25, 0.3) is 0 Å². The summed E-state index contributed by atoms with van der Waals surface area (Å²) in [5, 5.41) is 10.1. The lowest BCUT2D eigenvalue weighted by atomic mass is 9.89. The van der Waals surface area contributed by atoms with Crippen LogP contribution in [0.15, 0.2) is 48.5 Å². The van der Waals surface area contributed by atoms with E-state index in [0.29, 0.717) is 40.4 Å². The maximum Gasteiger partial charge on any atom is 0.306 e. The molecular formula is C26H29Cl2NO6S. The zero-order valence-electron chi connectivity index (χ0n) is 19.8. The van der Waals surface area contributed by atoms with E-state index in [9.17, 15) is 23.1 Å². The van der Waals surface area contributed by atoms with Crippen LogP contribution in [-0.4, -0.2) is 53.4 Å². The van der Waals surface area contributed by atoms with Crippen molar-refractivity contribution in [3.63, 3.8) is 0 Å². The van der Waals surface area contributed by atoms with Gasteiger partial charge in [0, 0.05) is 16.1 Å². The van der Waals surface area contributed by atoms with E-state index in [4.69, 9.17) is 27.9 Å². The topological polar surface area (TPSA) is 101 Å². The van der Waals surface area contributed by atoms with Gasteiger partial charge in [-0.05, 0) is 54.7 Å². The fraction of sp³-hybridized carbons (Fsp3) is 0.462. The van der Waals surface area contributed by atoms with Crippen molar-refractivity contribution in [2.75, 3.05) is 5.75 Å². The van der Waals surface area contributed by atoms with Gasteiger partial charge < -0.3 is 14.7 Å². The third-order valence-electron chi connectivity index (χ3n) is 7.03. The first kappa shape index (κ1) is 26.9. The Morgan fingerprint density at radius 3 is 2.36 bits per heavy atom. The van der Waals surface area contributed by atoms with Crippen molar-refractivity contribution in [2.24, 2.45) is 0 Å². The SMILES string of the molecule is CCC(CS(=O)(=O)C1CCC1)N1C(=O)[C@H](CC(=O)O)O[C@H](c2cccc(Cl)c2)C1c1ccc(Cl)cc1. The molecule has 2 aromatic rings. The molecule has 0 aromatic heterocycles. The Balaban J connectivity index is 1.83. The van der Waals surface area contributed by atoms with Crippen LogP contribution in [0, 0.1) is 0 Å². The Kier molecular flexibility index (Phi) is 8.29. The summed E-state index contributed by atoms with van der Waals surface area (Å²) in [5.74, 6) is -1.91. The largest absolute Gasteiger partial charge is 0.481 e. The number of rotatable bonds is 9. The number of carboxylic acid groups (broad SMARTS) is 1. The average molecular weight is 554 g/mol. The number of benzene rings is 2. The average Bonchev–Trinajstić information content (AvgIpc) is 2.77. The van der Waals surface area contributed by atoms with E-state index in [1.165, 1.54) is 0 Å². The van der Waals surface area contributed by atoms with Crippen LogP contribution in [-0.2, 0) is 24.2 Å². The summed E-state index contributed by atoms with van der Waals surface area (Å²) < 4.78 is 32.5. The van der Waals surface area contributed by atoms with E-state index >= 15 is 0 Å². The van der Waals surface area contributed by atoms with Gasteiger partial charge in [-0.2, -0.15) is 0 Å². The normalized spacial score (nSPS) is 23.8. The summed E-state index contributed by atoms with van der Waals surface area (Å²) in [6, 6.07) is 12.6. The second kappa shape index (κ2) is 11.1. The number of morpholine rings is 1. The van der Waals surface area contributed by atoms with Gasteiger partial charge in [-0.15, -0.1) is 0 Å². The first-order valence-corrected chi connectivity index (χ1v) is 14.5. The molecule has 2 aliphatic rings. The number of halogens is 2. The molecule has 1 heterocycles. The van der Waals surface area contributed by atoms with Gasteiger partial charge >= 0.3 is 5.97 Å². The second-order valence-electron chi connectivity index (χ2n) is 9.38. The lowest BCUT2D eigenvalue weighted by Gasteiger charge is -2.48. The van der Waals surface area contributed by atoms with Crippen LogP contribution in [0.1, 0.15) is 62.3 Å². The number of sulfone groups is 1. The van der Waals surface area contributed by atoms with E-state index in [-0.39, 0.29) is 5.75 Å². The molecule has 0 bridgehead atoms. The summed E-state index contributed by atoms with van der Waals surface area (Å²) in [7, 11) is -3.44. The van der Waals surface area contributed by atoms with Crippen LogP contribution >= 0.6 is 23.2 Å². The van der Waals surface area contributed by atoms with Crippen LogP contribution in [0.5, 0.6) is 0 Å². The molecule has 1 saturated carbocycles. The molecule has 0 spiro atoms. The Morgan fingerprint density at radius 1 is 1.11 bits per heavy atom. The molecule has 2 fully saturated rings. The highest BCUT2D eigenvalue weighted by Gasteiger charge is 2.48. The zero-order valence-corrected chi connectivity index (χ0v) is 22.2. The lowest BCUT2D eigenvalue weighted by molar-refractivity contribution is -0.182. The molecule has 4 atom stereocenters. The molecule has 1 amide bonds. The number of carbonyl (C=O) groups is 2. The second-order valence-corrected chi connectivity index (χ2v) is 12.6. The molecule has 0 radical (unpaired) electrons. The summed E-state index contributed by atoms with van der Waals surface area (Å²) in [6.45, 7) is 1.84.